The van der Waals surface area contributed by atoms with E-state index in [0.29, 0.717) is 18.7 Å². The van der Waals surface area contributed by atoms with Gasteiger partial charge >= 0.3 is 0 Å². The van der Waals surface area contributed by atoms with Gasteiger partial charge in [-0.25, -0.2) is 17.2 Å². The summed E-state index contributed by atoms with van der Waals surface area (Å²) in [5.74, 6) is -2.23. The van der Waals surface area contributed by atoms with Crippen molar-refractivity contribution >= 4 is 27.5 Å². The molecule has 0 fully saturated rings. The monoisotopic (exact) mass is 553 g/mol. The number of sulfonamides is 1. The Hall–Kier alpha value is -3.21. The van der Waals surface area contributed by atoms with Gasteiger partial charge in [0.25, 0.3) is 0 Å². The van der Waals surface area contributed by atoms with E-state index in [0.717, 1.165) is 41.1 Å². The summed E-state index contributed by atoms with van der Waals surface area (Å²) in [4.78, 5) is 27.9. The van der Waals surface area contributed by atoms with Crippen molar-refractivity contribution in [3.63, 3.8) is 0 Å². The number of carbonyl (C=O) groups is 2. The van der Waals surface area contributed by atoms with Gasteiger partial charge < -0.3 is 15.0 Å². The van der Waals surface area contributed by atoms with Crippen molar-refractivity contribution in [2.45, 2.75) is 58.5 Å². The van der Waals surface area contributed by atoms with Crippen LogP contribution in [0.1, 0.15) is 51.5 Å². The van der Waals surface area contributed by atoms with Gasteiger partial charge in [-0.15, -0.1) is 0 Å². The molecule has 0 aromatic heterocycles. The molecule has 0 aliphatic rings. The average molecular weight is 554 g/mol. The summed E-state index contributed by atoms with van der Waals surface area (Å²) in [6, 6.07) is 9.31. The van der Waals surface area contributed by atoms with Crippen molar-refractivity contribution in [3.8, 4) is 5.75 Å². The second-order valence-electron chi connectivity index (χ2n) is 8.98. The van der Waals surface area contributed by atoms with E-state index in [-0.39, 0.29) is 43.4 Å². The number of benzene rings is 2. The number of nitrogens with zero attached hydrogens (tertiary/aromatic N) is 2. The number of amides is 2. The van der Waals surface area contributed by atoms with E-state index in [9.17, 15) is 26.8 Å². The van der Waals surface area contributed by atoms with E-state index in [1.54, 1.807) is 25.3 Å². The number of halogens is 2. The Morgan fingerprint density at radius 1 is 1.05 bits per heavy atom. The number of nitrogens with one attached hydrogen (secondary N) is 1. The summed E-state index contributed by atoms with van der Waals surface area (Å²) in [5, 5.41) is 2.89. The third-order valence-electron chi connectivity index (χ3n) is 6.05. The molecule has 2 rings (SSSR count). The van der Waals surface area contributed by atoms with Crippen LogP contribution in [0.25, 0.3) is 0 Å². The van der Waals surface area contributed by atoms with E-state index in [4.69, 9.17) is 4.74 Å². The largest absolute Gasteiger partial charge is 0.497 e. The number of carbonyl (C=O) groups excluding carboxylic acids is 2. The van der Waals surface area contributed by atoms with Crippen LogP contribution in [0.4, 0.5) is 14.5 Å². The topological polar surface area (TPSA) is 96.0 Å². The maximum absolute atomic E-state index is 13.8. The third kappa shape index (κ3) is 8.97. The van der Waals surface area contributed by atoms with Crippen LogP contribution in [0.5, 0.6) is 5.75 Å². The molecule has 0 heterocycles. The Labute approximate surface area is 224 Å². The number of anilines is 1. The molecule has 0 saturated carbocycles. The number of methoxy groups -OCH3 is 1. The van der Waals surface area contributed by atoms with Gasteiger partial charge in [0.15, 0.2) is 11.6 Å². The second-order valence-corrected chi connectivity index (χ2v) is 10.9. The van der Waals surface area contributed by atoms with Gasteiger partial charge in [0.05, 0.1) is 19.1 Å². The van der Waals surface area contributed by atoms with E-state index >= 15 is 0 Å². The highest BCUT2D eigenvalue weighted by Crippen LogP contribution is 2.22. The lowest BCUT2D eigenvalue weighted by Gasteiger charge is -2.31. The average Bonchev–Trinajstić information content (AvgIpc) is 2.87. The van der Waals surface area contributed by atoms with Crippen LogP contribution in [-0.4, -0.2) is 57.6 Å². The quantitative estimate of drug-likeness (QED) is 0.333. The Bertz CT molecular complexity index is 1190. The van der Waals surface area contributed by atoms with Crippen LogP contribution in [0, 0.1) is 11.6 Å². The number of hydrogen-bond donors (Lipinski definition) is 1. The standard InChI is InChI=1S/C27H37F2N3O5S/c1-5-7-15-30-27(34)25(6-2)31(19-20-10-8-11-22(17-20)37-3)26(33)12-9-16-32(38(4,35)36)21-13-14-23(28)24(29)18-21/h8,10-11,13-14,17-18,25H,5-7,9,12,15-16,19H2,1-4H3,(H,30,34)/t25-/m1/s1. The Kier molecular flexibility index (Phi) is 12.0. The summed E-state index contributed by atoms with van der Waals surface area (Å²) in [5.41, 5.74) is 0.742. The van der Waals surface area contributed by atoms with E-state index in [2.05, 4.69) is 5.32 Å². The first-order chi connectivity index (χ1) is 18.0. The molecule has 2 aromatic carbocycles. The van der Waals surface area contributed by atoms with Crippen molar-refractivity contribution in [1.29, 1.82) is 0 Å². The van der Waals surface area contributed by atoms with Crippen molar-refractivity contribution in [2.24, 2.45) is 0 Å². The molecule has 1 N–H and O–H groups in total. The summed E-state index contributed by atoms with van der Waals surface area (Å²) in [7, 11) is -2.29. The van der Waals surface area contributed by atoms with Crippen LogP contribution in [0.2, 0.25) is 0 Å². The Balaban J connectivity index is 2.23. The van der Waals surface area contributed by atoms with Gasteiger partial charge in [-0.1, -0.05) is 32.4 Å². The molecular weight excluding hydrogens is 516 g/mol. The van der Waals surface area contributed by atoms with Gasteiger partial charge in [-0.2, -0.15) is 0 Å². The number of hydrogen-bond acceptors (Lipinski definition) is 5. The zero-order chi connectivity index (χ0) is 28.3. The first-order valence-corrected chi connectivity index (χ1v) is 14.5. The van der Waals surface area contributed by atoms with Gasteiger partial charge in [0.2, 0.25) is 21.8 Å². The molecule has 0 saturated heterocycles. The van der Waals surface area contributed by atoms with E-state index in [1.807, 2.05) is 19.9 Å². The fourth-order valence-electron chi connectivity index (χ4n) is 4.04. The van der Waals surface area contributed by atoms with Crippen LogP contribution in [-0.2, 0) is 26.2 Å². The van der Waals surface area contributed by atoms with Crippen LogP contribution in [0.15, 0.2) is 42.5 Å². The summed E-state index contributed by atoms with van der Waals surface area (Å²) >= 11 is 0. The smallest absolute Gasteiger partial charge is 0.242 e. The van der Waals surface area contributed by atoms with Gasteiger partial charge in [0, 0.05) is 32.1 Å². The minimum Gasteiger partial charge on any atom is -0.497 e. The molecule has 0 aliphatic heterocycles. The first-order valence-electron chi connectivity index (χ1n) is 12.6. The molecule has 2 amide bonds. The molecule has 1 atom stereocenters. The Morgan fingerprint density at radius 2 is 1.79 bits per heavy atom. The number of unbranched alkanes of at least 4 members (excludes halogenated alkanes) is 1. The molecule has 11 heteroatoms. The molecule has 38 heavy (non-hydrogen) atoms. The highest BCUT2D eigenvalue weighted by Gasteiger charge is 2.29. The first kappa shape index (κ1) is 31.0. The minimum absolute atomic E-state index is 0.0335. The molecule has 0 aliphatic carbocycles. The molecule has 0 spiro atoms. The summed E-state index contributed by atoms with van der Waals surface area (Å²) in [6.07, 6.45) is 3.12. The zero-order valence-corrected chi connectivity index (χ0v) is 23.2. The van der Waals surface area contributed by atoms with Crippen LogP contribution in [0.3, 0.4) is 0 Å². The van der Waals surface area contributed by atoms with E-state index < -0.39 is 27.7 Å². The lowest BCUT2D eigenvalue weighted by atomic mass is 10.1. The van der Waals surface area contributed by atoms with Gasteiger partial charge in [-0.05, 0) is 49.1 Å². The minimum atomic E-state index is -3.83. The fraction of sp³-hybridized carbons (Fsp3) is 0.481. The summed E-state index contributed by atoms with van der Waals surface area (Å²) in [6.45, 7) is 4.38. The van der Waals surface area contributed by atoms with Crippen LogP contribution >= 0.6 is 0 Å². The molecule has 2 aromatic rings. The SMILES string of the molecule is CCCCNC(=O)[C@@H](CC)N(Cc1cccc(OC)c1)C(=O)CCCN(c1ccc(F)c(F)c1)S(C)(=O)=O. The third-order valence-corrected chi connectivity index (χ3v) is 7.24. The predicted molar refractivity (Wildman–Crippen MR) is 143 cm³/mol. The van der Waals surface area contributed by atoms with Gasteiger partial charge in [0.1, 0.15) is 11.8 Å². The molecule has 0 radical (unpaired) electrons. The molecule has 0 unspecified atom stereocenters. The van der Waals surface area contributed by atoms with Crippen LogP contribution < -0.4 is 14.4 Å². The molecular formula is C27H37F2N3O5S. The maximum atomic E-state index is 13.8. The molecule has 210 valence electrons. The Morgan fingerprint density at radius 3 is 2.39 bits per heavy atom. The fourth-order valence-corrected chi connectivity index (χ4v) is 4.99. The molecule has 0 bridgehead atoms. The number of ether oxygens (including phenoxy) is 1. The van der Waals surface area contributed by atoms with Crippen molar-refractivity contribution in [1.82, 2.24) is 10.2 Å². The number of rotatable bonds is 15. The predicted octanol–water partition coefficient (Wildman–Crippen LogP) is 4.24. The van der Waals surface area contributed by atoms with Gasteiger partial charge in [-0.3, -0.25) is 13.9 Å². The highest BCUT2D eigenvalue weighted by molar-refractivity contribution is 7.92. The van der Waals surface area contributed by atoms with E-state index in [1.165, 1.54) is 11.0 Å². The lowest BCUT2D eigenvalue weighted by Crippen LogP contribution is -2.49. The second kappa shape index (κ2) is 14.7. The summed E-state index contributed by atoms with van der Waals surface area (Å²) < 4.78 is 58.1. The molecule has 8 nitrogen and oxygen atoms in total. The highest BCUT2D eigenvalue weighted by atomic mass is 32.2. The van der Waals surface area contributed by atoms with Crippen molar-refractivity contribution in [2.75, 3.05) is 30.8 Å². The maximum Gasteiger partial charge on any atom is 0.242 e. The zero-order valence-electron chi connectivity index (χ0n) is 22.4. The van der Waals surface area contributed by atoms with Crippen molar-refractivity contribution in [3.05, 3.63) is 59.7 Å². The normalized spacial score (nSPS) is 12.1. The lowest BCUT2D eigenvalue weighted by molar-refractivity contribution is -0.141. The van der Waals surface area contributed by atoms with Crippen molar-refractivity contribution < 1.29 is 31.5 Å².